The number of rotatable bonds is 6. The van der Waals surface area contributed by atoms with Crippen LogP contribution >= 0.6 is 0 Å². The maximum atomic E-state index is 11.1. The van der Waals surface area contributed by atoms with Gasteiger partial charge in [-0.3, -0.25) is 4.98 Å². The summed E-state index contributed by atoms with van der Waals surface area (Å²) in [6, 6.07) is 7.16. The van der Waals surface area contributed by atoms with Gasteiger partial charge in [0, 0.05) is 18.9 Å². The van der Waals surface area contributed by atoms with Gasteiger partial charge in [-0.25, -0.2) is 4.79 Å². The van der Waals surface area contributed by atoms with Crippen LogP contribution in [0.25, 0.3) is 0 Å². The number of carbonyl (C=O) groups is 1. The highest BCUT2D eigenvalue weighted by Gasteiger charge is 2.10. The number of carboxylic acid groups (broad SMARTS) is 1. The predicted octanol–water partition coefficient (Wildman–Crippen LogP) is 2.41. The minimum atomic E-state index is -1.02. The van der Waals surface area contributed by atoms with Gasteiger partial charge in [0.05, 0.1) is 19.9 Å². The van der Waals surface area contributed by atoms with Crippen molar-refractivity contribution >= 4 is 11.7 Å². The zero-order valence-electron chi connectivity index (χ0n) is 11.8. The van der Waals surface area contributed by atoms with Crippen LogP contribution in [0.1, 0.15) is 15.9 Å². The fourth-order valence-corrected chi connectivity index (χ4v) is 1.91. The Morgan fingerprint density at radius 1 is 1.24 bits per heavy atom. The van der Waals surface area contributed by atoms with Gasteiger partial charge in [0.1, 0.15) is 5.56 Å². The average Bonchev–Trinajstić information content (AvgIpc) is 2.52. The van der Waals surface area contributed by atoms with E-state index in [4.69, 9.17) is 14.6 Å². The van der Waals surface area contributed by atoms with E-state index in [0.29, 0.717) is 23.7 Å². The summed E-state index contributed by atoms with van der Waals surface area (Å²) in [5.41, 5.74) is 1.60. The molecular formula is C15H16N2O4. The van der Waals surface area contributed by atoms with Gasteiger partial charge in [-0.15, -0.1) is 0 Å². The molecule has 1 aromatic heterocycles. The SMILES string of the molecule is COc1ccc(CNc2ccncc2C(=O)O)cc1OC. The normalized spacial score (nSPS) is 10.0. The zero-order valence-corrected chi connectivity index (χ0v) is 11.8. The number of nitrogens with zero attached hydrogens (tertiary/aromatic N) is 1. The first kappa shape index (κ1) is 14.6. The van der Waals surface area contributed by atoms with Crippen LogP contribution in [-0.4, -0.2) is 30.3 Å². The van der Waals surface area contributed by atoms with Crippen molar-refractivity contribution in [2.24, 2.45) is 0 Å². The third-order valence-electron chi connectivity index (χ3n) is 2.98. The second kappa shape index (κ2) is 6.60. The topological polar surface area (TPSA) is 80.7 Å². The summed E-state index contributed by atoms with van der Waals surface area (Å²) in [7, 11) is 3.15. The summed E-state index contributed by atoms with van der Waals surface area (Å²) >= 11 is 0. The van der Waals surface area contributed by atoms with Crippen molar-refractivity contribution in [2.45, 2.75) is 6.54 Å². The molecule has 0 aliphatic heterocycles. The lowest BCUT2D eigenvalue weighted by Crippen LogP contribution is -2.07. The summed E-state index contributed by atoms with van der Waals surface area (Å²) in [6.07, 6.45) is 2.86. The highest BCUT2D eigenvalue weighted by atomic mass is 16.5. The molecule has 2 rings (SSSR count). The molecule has 0 spiro atoms. The molecule has 110 valence electrons. The quantitative estimate of drug-likeness (QED) is 0.849. The minimum absolute atomic E-state index is 0.137. The summed E-state index contributed by atoms with van der Waals surface area (Å²) in [6.45, 7) is 0.463. The molecule has 0 saturated heterocycles. The van der Waals surface area contributed by atoms with Gasteiger partial charge >= 0.3 is 5.97 Å². The first-order chi connectivity index (χ1) is 10.2. The lowest BCUT2D eigenvalue weighted by Gasteiger charge is -2.12. The summed E-state index contributed by atoms with van der Waals surface area (Å²) < 4.78 is 10.4. The van der Waals surface area contributed by atoms with Gasteiger partial charge in [0.2, 0.25) is 0 Å². The van der Waals surface area contributed by atoms with Crippen LogP contribution in [0.2, 0.25) is 0 Å². The maximum Gasteiger partial charge on any atom is 0.339 e. The number of hydrogen-bond acceptors (Lipinski definition) is 5. The highest BCUT2D eigenvalue weighted by Crippen LogP contribution is 2.28. The van der Waals surface area contributed by atoms with Gasteiger partial charge in [-0.2, -0.15) is 0 Å². The van der Waals surface area contributed by atoms with E-state index in [1.807, 2.05) is 12.1 Å². The standard InChI is InChI=1S/C15H16N2O4/c1-20-13-4-3-10(7-14(13)21-2)8-17-12-5-6-16-9-11(12)15(18)19/h3-7,9H,8H2,1-2H3,(H,16,17)(H,18,19). The molecule has 0 saturated carbocycles. The Kier molecular flexibility index (Phi) is 4.61. The fourth-order valence-electron chi connectivity index (χ4n) is 1.91. The molecule has 0 unspecified atom stereocenters. The second-order valence-corrected chi connectivity index (χ2v) is 4.27. The van der Waals surface area contributed by atoms with Crippen LogP contribution in [-0.2, 0) is 6.54 Å². The van der Waals surface area contributed by atoms with Crippen molar-refractivity contribution in [1.29, 1.82) is 0 Å². The van der Waals surface area contributed by atoms with E-state index < -0.39 is 5.97 Å². The number of methoxy groups -OCH3 is 2. The molecule has 0 amide bonds. The van der Waals surface area contributed by atoms with Crippen LogP contribution in [0, 0.1) is 0 Å². The van der Waals surface area contributed by atoms with Crippen LogP contribution in [0.15, 0.2) is 36.7 Å². The van der Waals surface area contributed by atoms with Crippen molar-refractivity contribution < 1.29 is 19.4 Å². The lowest BCUT2D eigenvalue weighted by atomic mass is 10.2. The lowest BCUT2D eigenvalue weighted by molar-refractivity contribution is 0.0697. The molecule has 6 heteroatoms. The van der Waals surface area contributed by atoms with E-state index in [2.05, 4.69) is 10.3 Å². The first-order valence-corrected chi connectivity index (χ1v) is 6.27. The number of carboxylic acids is 1. The van der Waals surface area contributed by atoms with Crippen molar-refractivity contribution in [1.82, 2.24) is 4.98 Å². The Morgan fingerprint density at radius 2 is 2.00 bits per heavy atom. The molecule has 6 nitrogen and oxygen atoms in total. The Balaban J connectivity index is 2.15. The Hall–Kier alpha value is -2.76. The van der Waals surface area contributed by atoms with E-state index in [1.165, 1.54) is 6.20 Å². The number of aromatic carboxylic acids is 1. The molecule has 21 heavy (non-hydrogen) atoms. The Morgan fingerprint density at radius 3 is 2.67 bits per heavy atom. The van der Waals surface area contributed by atoms with Gasteiger partial charge < -0.3 is 19.9 Å². The van der Waals surface area contributed by atoms with Gasteiger partial charge in [0.25, 0.3) is 0 Å². The van der Waals surface area contributed by atoms with Gasteiger partial charge in [0.15, 0.2) is 11.5 Å². The Labute approximate surface area is 122 Å². The molecule has 2 aromatic rings. The first-order valence-electron chi connectivity index (χ1n) is 6.27. The number of aromatic nitrogens is 1. The maximum absolute atomic E-state index is 11.1. The predicted molar refractivity (Wildman–Crippen MR) is 78.1 cm³/mol. The molecule has 0 bridgehead atoms. The van der Waals surface area contributed by atoms with Crippen molar-refractivity contribution in [3.8, 4) is 11.5 Å². The average molecular weight is 288 g/mol. The number of ether oxygens (including phenoxy) is 2. The van der Waals surface area contributed by atoms with Crippen molar-refractivity contribution in [3.63, 3.8) is 0 Å². The smallest absolute Gasteiger partial charge is 0.339 e. The molecule has 2 N–H and O–H groups in total. The molecule has 0 aliphatic rings. The van der Waals surface area contributed by atoms with Crippen molar-refractivity contribution in [3.05, 3.63) is 47.8 Å². The molecule has 0 aliphatic carbocycles. The van der Waals surface area contributed by atoms with Crippen LogP contribution < -0.4 is 14.8 Å². The molecule has 1 heterocycles. The minimum Gasteiger partial charge on any atom is -0.493 e. The molecule has 0 radical (unpaired) electrons. The van der Waals surface area contributed by atoms with E-state index in [-0.39, 0.29) is 5.56 Å². The number of nitrogens with one attached hydrogen (secondary N) is 1. The van der Waals surface area contributed by atoms with E-state index in [1.54, 1.807) is 32.5 Å². The third-order valence-corrected chi connectivity index (χ3v) is 2.98. The van der Waals surface area contributed by atoms with Crippen LogP contribution in [0.4, 0.5) is 5.69 Å². The number of anilines is 1. The molecule has 0 atom stereocenters. The molecule has 1 aromatic carbocycles. The summed E-state index contributed by atoms with van der Waals surface area (Å²) in [5.74, 6) is 0.263. The van der Waals surface area contributed by atoms with E-state index in [0.717, 1.165) is 5.56 Å². The number of pyridine rings is 1. The largest absolute Gasteiger partial charge is 0.493 e. The molecule has 0 fully saturated rings. The number of benzene rings is 1. The number of hydrogen-bond donors (Lipinski definition) is 2. The van der Waals surface area contributed by atoms with E-state index >= 15 is 0 Å². The monoisotopic (exact) mass is 288 g/mol. The van der Waals surface area contributed by atoms with Crippen molar-refractivity contribution in [2.75, 3.05) is 19.5 Å². The van der Waals surface area contributed by atoms with E-state index in [9.17, 15) is 4.79 Å². The second-order valence-electron chi connectivity index (χ2n) is 4.27. The molecular weight excluding hydrogens is 272 g/mol. The van der Waals surface area contributed by atoms with Crippen LogP contribution in [0.5, 0.6) is 11.5 Å². The summed E-state index contributed by atoms with van der Waals surface area (Å²) in [4.78, 5) is 14.9. The van der Waals surface area contributed by atoms with Gasteiger partial charge in [-0.1, -0.05) is 6.07 Å². The fraction of sp³-hybridized carbons (Fsp3) is 0.200. The van der Waals surface area contributed by atoms with Gasteiger partial charge in [-0.05, 0) is 23.8 Å². The zero-order chi connectivity index (χ0) is 15.2. The third kappa shape index (κ3) is 3.42. The summed E-state index contributed by atoms with van der Waals surface area (Å²) in [5, 5.41) is 12.2. The Bertz CT molecular complexity index is 643. The van der Waals surface area contributed by atoms with Crippen LogP contribution in [0.3, 0.4) is 0 Å². The highest BCUT2D eigenvalue weighted by molar-refractivity contribution is 5.93.